The first-order valence-electron chi connectivity index (χ1n) is 5.09. The van der Waals surface area contributed by atoms with Crippen LogP contribution in [-0.4, -0.2) is 6.54 Å². The number of hydrogen-bond acceptors (Lipinski definition) is 2. The van der Waals surface area contributed by atoms with Gasteiger partial charge in [-0.1, -0.05) is 26.3 Å². The highest BCUT2D eigenvalue weighted by Crippen LogP contribution is 2.16. The van der Waals surface area contributed by atoms with Crippen LogP contribution in [0.3, 0.4) is 0 Å². The SMILES string of the molecule is C=C=C(N)CCCC(CC)CCN. The standard InChI is InChI=1S/C11H22N2/c1-3-10(8-9-12)6-5-7-11(13)4-2/h10H,2-3,5-9,12-13H2,1H3. The van der Waals surface area contributed by atoms with Gasteiger partial charge in [0.25, 0.3) is 0 Å². The molecule has 0 aromatic carbocycles. The summed E-state index contributed by atoms with van der Waals surface area (Å²) in [6.07, 6.45) is 5.62. The van der Waals surface area contributed by atoms with Gasteiger partial charge < -0.3 is 11.5 Å². The van der Waals surface area contributed by atoms with E-state index in [1.165, 1.54) is 12.8 Å². The lowest BCUT2D eigenvalue weighted by atomic mass is 9.95. The van der Waals surface area contributed by atoms with Crippen molar-refractivity contribution in [3.8, 4) is 0 Å². The van der Waals surface area contributed by atoms with Crippen molar-refractivity contribution in [1.29, 1.82) is 0 Å². The minimum Gasteiger partial charge on any atom is -0.396 e. The Morgan fingerprint density at radius 3 is 2.62 bits per heavy atom. The molecule has 4 N–H and O–H groups in total. The fraction of sp³-hybridized carbons (Fsp3) is 0.727. The normalized spacial score (nSPS) is 12.2. The summed E-state index contributed by atoms with van der Waals surface area (Å²) in [5.41, 5.74) is 14.6. The maximum absolute atomic E-state index is 5.59. The zero-order chi connectivity index (χ0) is 10.1. The summed E-state index contributed by atoms with van der Waals surface area (Å²) in [7, 11) is 0. The highest BCUT2D eigenvalue weighted by Gasteiger charge is 2.04. The second-order valence-corrected chi connectivity index (χ2v) is 3.45. The average molecular weight is 182 g/mol. The van der Waals surface area contributed by atoms with E-state index >= 15 is 0 Å². The van der Waals surface area contributed by atoms with Gasteiger partial charge in [0.1, 0.15) is 0 Å². The average Bonchev–Trinajstić information content (AvgIpc) is 2.16. The molecule has 0 amide bonds. The maximum atomic E-state index is 5.59. The molecule has 0 aliphatic rings. The molecular formula is C11H22N2. The monoisotopic (exact) mass is 182 g/mol. The van der Waals surface area contributed by atoms with Crippen molar-refractivity contribution < 1.29 is 0 Å². The molecule has 0 aliphatic carbocycles. The first-order chi connectivity index (χ1) is 6.24. The van der Waals surface area contributed by atoms with Crippen LogP contribution in [-0.2, 0) is 0 Å². The minimum absolute atomic E-state index is 0.766. The maximum Gasteiger partial charge on any atom is 0.0505 e. The molecular weight excluding hydrogens is 160 g/mol. The summed E-state index contributed by atoms with van der Waals surface area (Å²) in [4.78, 5) is 0. The predicted molar refractivity (Wildman–Crippen MR) is 58.1 cm³/mol. The summed E-state index contributed by atoms with van der Waals surface area (Å²) in [6, 6.07) is 0. The van der Waals surface area contributed by atoms with Gasteiger partial charge in [0.2, 0.25) is 0 Å². The Balaban J connectivity index is 3.54. The van der Waals surface area contributed by atoms with Crippen molar-refractivity contribution >= 4 is 0 Å². The van der Waals surface area contributed by atoms with Crippen LogP contribution >= 0.6 is 0 Å². The Labute approximate surface area is 81.7 Å². The lowest BCUT2D eigenvalue weighted by Crippen LogP contribution is -2.08. The predicted octanol–water partition coefficient (Wildman–Crippen LogP) is 2.16. The molecule has 13 heavy (non-hydrogen) atoms. The molecule has 0 spiro atoms. The molecule has 0 aromatic rings. The fourth-order valence-corrected chi connectivity index (χ4v) is 1.46. The lowest BCUT2D eigenvalue weighted by molar-refractivity contribution is 0.429. The van der Waals surface area contributed by atoms with E-state index in [2.05, 4.69) is 19.2 Å². The third kappa shape index (κ3) is 6.44. The topological polar surface area (TPSA) is 52.0 Å². The highest BCUT2D eigenvalue weighted by molar-refractivity contribution is 4.91. The molecule has 0 aromatic heterocycles. The molecule has 0 heterocycles. The van der Waals surface area contributed by atoms with Crippen molar-refractivity contribution in [3.63, 3.8) is 0 Å². The van der Waals surface area contributed by atoms with E-state index in [1.807, 2.05) is 0 Å². The molecule has 0 saturated heterocycles. The van der Waals surface area contributed by atoms with Gasteiger partial charge in [-0.15, -0.1) is 5.73 Å². The molecule has 1 unspecified atom stereocenters. The van der Waals surface area contributed by atoms with E-state index in [0.29, 0.717) is 0 Å². The second kappa shape index (κ2) is 7.90. The number of hydrogen-bond donors (Lipinski definition) is 2. The molecule has 2 heteroatoms. The molecule has 0 bridgehead atoms. The Morgan fingerprint density at radius 1 is 1.46 bits per heavy atom. The quantitative estimate of drug-likeness (QED) is 0.593. The van der Waals surface area contributed by atoms with Gasteiger partial charge >= 0.3 is 0 Å². The van der Waals surface area contributed by atoms with Gasteiger partial charge in [0, 0.05) is 0 Å². The van der Waals surface area contributed by atoms with Crippen molar-refractivity contribution in [2.24, 2.45) is 17.4 Å². The molecule has 1 atom stereocenters. The second-order valence-electron chi connectivity index (χ2n) is 3.45. The number of rotatable bonds is 7. The van der Waals surface area contributed by atoms with Gasteiger partial charge in [-0.25, -0.2) is 0 Å². The number of allylic oxidation sites excluding steroid dienone is 1. The first kappa shape index (κ1) is 12.3. The van der Waals surface area contributed by atoms with E-state index in [9.17, 15) is 0 Å². The van der Waals surface area contributed by atoms with E-state index in [1.54, 1.807) is 0 Å². The Bertz CT molecular complexity index is 169. The lowest BCUT2D eigenvalue weighted by Gasteiger charge is -2.12. The van der Waals surface area contributed by atoms with Crippen molar-refractivity contribution in [3.05, 3.63) is 18.0 Å². The summed E-state index contributed by atoms with van der Waals surface area (Å²) < 4.78 is 0. The van der Waals surface area contributed by atoms with Crippen LogP contribution in [0.5, 0.6) is 0 Å². The van der Waals surface area contributed by atoms with E-state index < -0.39 is 0 Å². The molecule has 0 fully saturated rings. The van der Waals surface area contributed by atoms with Gasteiger partial charge in [-0.3, -0.25) is 0 Å². The third-order valence-electron chi connectivity index (χ3n) is 2.44. The van der Waals surface area contributed by atoms with Crippen LogP contribution in [0.2, 0.25) is 0 Å². The molecule has 2 nitrogen and oxygen atoms in total. The minimum atomic E-state index is 0.766. The van der Waals surface area contributed by atoms with E-state index in [4.69, 9.17) is 11.5 Å². The van der Waals surface area contributed by atoms with Crippen LogP contribution < -0.4 is 11.5 Å². The van der Waals surface area contributed by atoms with Crippen molar-refractivity contribution in [2.45, 2.75) is 39.0 Å². The van der Waals surface area contributed by atoms with E-state index in [0.717, 1.165) is 37.4 Å². The molecule has 0 aliphatic heterocycles. The van der Waals surface area contributed by atoms with Crippen molar-refractivity contribution in [1.82, 2.24) is 0 Å². The Kier molecular flexibility index (Phi) is 7.47. The van der Waals surface area contributed by atoms with Crippen LogP contribution in [0.4, 0.5) is 0 Å². The largest absolute Gasteiger partial charge is 0.396 e. The van der Waals surface area contributed by atoms with Gasteiger partial charge in [-0.2, -0.15) is 0 Å². The van der Waals surface area contributed by atoms with Crippen molar-refractivity contribution in [2.75, 3.05) is 6.54 Å². The van der Waals surface area contributed by atoms with Gasteiger partial charge in [-0.05, 0) is 31.7 Å². The van der Waals surface area contributed by atoms with E-state index in [-0.39, 0.29) is 0 Å². The zero-order valence-electron chi connectivity index (χ0n) is 8.68. The summed E-state index contributed by atoms with van der Waals surface area (Å²) >= 11 is 0. The van der Waals surface area contributed by atoms with Crippen LogP contribution in [0.1, 0.15) is 39.0 Å². The molecule has 76 valence electrons. The smallest absolute Gasteiger partial charge is 0.0505 e. The third-order valence-corrected chi connectivity index (χ3v) is 2.44. The summed E-state index contributed by atoms with van der Waals surface area (Å²) in [5.74, 6) is 0.766. The van der Waals surface area contributed by atoms with Gasteiger partial charge in [0.15, 0.2) is 0 Å². The Morgan fingerprint density at radius 2 is 2.15 bits per heavy atom. The molecule has 0 saturated carbocycles. The van der Waals surface area contributed by atoms with Crippen LogP contribution in [0.25, 0.3) is 0 Å². The Hall–Kier alpha value is -0.720. The van der Waals surface area contributed by atoms with Crippen LogP contribution in [0, 0.1) is 5.92 Å². The van der Waals surface area contributed by atoms with Crippen LogP contribution in [0.15, 0.2) is 18.0 Å². The first-order valence-corrected chi connectivity index (χ1v) is 5.09. The highest BCUT2D eigenvalue weighted by atomic mass is 14.6. The fourth-order valence-electron chi connectivity index (χ4n) is 1.46. The zero-order valence-corrected chi connectivity index (χ0v) is 8.68. The van der Waals surface area contributed by atoms with Gasteiger partial charge in [0.05, 0.1) is 5.70 Å². The number of nitrogens with two attached hydrogens (primary N) is 2. The summed E-state index contributed by atoms with van der Waals surface area (Å²) in [6.45, 7) is 6.52. The summed E-state index contributed by atoms with van der Waals surface area (Å²) in [5, 5.41) is 0. The molecule has 0 radical (unpaired) electrons. The molecule has 0 rings (SSSR count).